The fourth-order valence-corrected chi connectivity index (χ4v) is 6.19. The first-order valence-corrected chi connectivity index (χ1v) is 15.4. The first-order chi connectivity index (χ1) is 22.3. The highest BCUT2D eigenvalue weighted by Crippen LogP contribution is 2.54. The van der Waals surface area contributed by atoms with Crippen molar-refractivity contribution in [3.63, 3.8) is 0 Å². The summed E-state index contributed by atoms with van der Waals surface area (Å²) >= 11 is 0. The number of nitrogens with zero attached hydrogens (tertiary/aromatic N) is 1. The lowest BCUT2D eigenvalue weighted by molar-refractivity contribution is -0.139. The number of ether oxygens (including phenoxy) is 5. The lowest BCUT2D eigenvalue weighted by Gasteiger charge is -2.46. The Morgan fingerprint density at radius 2 is 1.20 bits per heavy atom. The van der Waals surface area contributed by atoms with Crippen LogP contribution in [0.4, 0.5) is 11.4 Å². The predicted octanol–water partition coefficient (Wildman–Crippen LogP) is 7.96. The van der Waals surface area contributed by atoms with E-state index in [2.05, 4.69) is 41.4 Å². The van der Waals surface area contributed by atoms with Crippen LogP contribution >= 0.6 is 0 Å². The second kappa shape index (κ2) is 14.3. The van der Waals surface area contributed by atoms with Crippen LogP contribution in [0.1, 0.15) is 47.7 Å². The number of aryl methyl sites for hydroxylation is 2. The minimum absolute atomic E-state index is 0.213. The van der Waals surface area contributed by atoms with E-state index in [0.29, 0.717) is 46.3 Å². The summed E-state index contributed by atoms with van der Waals surface area (Å²) < 4.78 is 29.7. The molecule has 2 unspecified atom stereocenters. The van der Waals surface area contributed by atoms with Gasteiger partial charge in [0, 0.05) is 23.5 Å². The maximum Gasteiger partial charge on any atom is 0.338 e. The summed E-state index contributed by atoms with van der Waals surface area (Å²) in [6.45, 7) is 6.12. The fraction of sp³-hybridized carbons (Fsp3) is 0.289. The molecule has 0 aromatic heterocycles. The number of benzene rings is 4. The molecule has 4 aromatic rings. The molecule has 0 aliphatic carbocycles. The average Bonchev–Trinajstić information content (AvgIpc) is 3.08. The number of esters is 1. The monoisotopic (exact) mass is 622 g/mol. The highest BCUT2D eigenvalue weighted by Gasteiger charge is 2.45. The molecule has 2 atom stereocenters. The summed E-state index contributed by atoms with van der Waals surface area (Å²) in [6, 6.07) is 26.7. The lowest BCUT2D eigenvalue weighted by Crippen LogP contribution is -2.42. The SMILES string of the molecule is CCOC(=O)C1=C(Nc2ccc(C)cc2)CC(c2c(OC)cccc2OC)N(c2ccc(C)cc2)C1c1c(OC)cccc1OC. The molecule has 0 bridgehead atoms. The number of hydrogen-bond acceptors (Lipinski definition) is 8. The van der Waals surface area contributed by atoms with Gasteiger partial charge in [0.2, 0.25) is 0 Å². The number of methoxy groups -OCH3 is 4. The topological polar surface area (TPSA) is 78.5 Å². The quantitative estimate of drug-likeness (QED) is 0.169. The molecule has 4 aromatic carbocycles. The number of carbonyl (C=O) groups excluding carboxylic acids is 1. The first kappa shape index (κ1) is 32.3. The van der Waals surface area contributed by atoms with Gasteiger partial charge in [0.15, 0.2) is 0 Å². The first-order valence-electron chi connectivity index (χ1n) is 15.4. The third-order valence-corrected chi connectivity index (χ3v) is 8.32. The number of anilines is 2. The molecule has 1 aliphatic heterocycles. The van der Waals surface area contributed by atoms with Crippen molar-refractivity contribution in [2.75, 3.05) is 45.3 Å². The van der Waals surface area contributed by atoms with E-state index in [0.717, 1.165) is 28.1 Å². The van der Waals surface area contributed by atoms with E-state index >= 15 is 0 Å². The summed E-state index contributed by atoms with van der Waals surface area (Å²) in [5.74, 6) is 2.05. The van der Waals surface area contributed by atoms with Crippen molar-refractivity contribution < 1.29 is 28.5 Å². The molecule has 1 N–H and O–H groups in total. The van der Waals surface area contributed by atoms with Crippen LogP contribution in [0.5, 0.6) is 23.0 Å². The number of hydrogen-bond donors (Lipinski definition) is 1. The minimum Gasteiger partial charge on any atom is -0.496 e. The summed E-state index contributed by atoms with van der Waals surface area (Å²) in [5.41, 5.74) is 6.68. The van der Waals surface area contributed by atoms with Crippen LogP contribution < -0.4 is 29.2 Å². The standard InChI is InChI=1S/C38H42N2O6/c1-8-46-38(41)34-28(39-26-19-15-24(2)16-20-26)23-29(35-30(42-4)11-9-12-31(35)43-5)40(27-21-17-25(3)18-22-27)37(34)36-32(44-6)13-10-14-33(36)45-7/h9-22,29,37,39H,8,23H2,1-7H3. The fourth-order valence-electron chi connectivity index (χ4n) is 6.19. The van der Waals surface area contributed by atoms with Crippen molar-refractivity contribution in [3.05, 3.63) is 118 Å². The zero-order chi connectivity index (χ0) is 32.8. The van der Waals surface area contributed by atoms with Gasteiger partial charge in [0.1, 0.15) is 23.0 Å². The molecule has 1 aliphatic rings. The van der Waals surface area contributed by atoms with Gasteiger partial charge < -0.3 is 33.9 Å². The molecular weight excluding hydrogens is 580 g/mol. The van der Waals surface area contributed by atoms with Crippen molar-refractivity contribution >= 4 is 17.3 Å². The molecule has 0 saturated carbocycles. The molecule has 0 saturated heterocycles. The van der Waals surface area contributed by atoms with Gasteiger partial charge in [-0.05, 0) is 69.3 Å². The Bertz CT molecular complexity index is 1650. The minimum atomic E-state index is -0.714. The smallest absolute Gasteiger partial charge is 0.338 e. The van der Waals surface area contributed by atoms with Crippen molar-refractivity contribution in [1.29, 1.82) is 0 Å². The van der Waals surface area contributed by atoms with Crippen LogP contribution in [-0.4, -0.2) is 41.0 Å². The molecule has 5 rings (SSSR count). The molecule has 0 radical (unpaired) electrons. The van der Waals surface area contributed by atoms with Crippen LogP contribution in [0.3, 0.4) is 0 Å². The van der Waals surface area contributed by atoms with Crippen molar-refractivity contribution in [2.24, 2.45) is 0 Å². The third kappa shape index (κ3) is 6.33. The largest absolute Gasteiger partial charge is 0.496 e. The highest BCUT2D eigenvalue weighted by molar-refractivity contribution is 5.94. The van der Waals surface area contributed by atoms with E-state index in [1.165, 1.54) is 0 Å². The lowest BCUT2D eigenvalue weighted by atomic mass is 9.82. The third-order valence-electron chi connectivity index (χ3n) is 8.32. The van der Waals surface area contributed by atoms with Crippen LogP contribution in [0.15, 0.2) is 96.2 Å². The molecule has 8 nitrogen and oxygen atoms in total. The zero-order valence-electron chi connectivity index (χ0n) is 27.5. The van der Waals surface area contributed by atoms with Gasteiger partial charge in [-0.1, -0.05) is 47.5 Å². The summed E-state index contributed by atoms with van der Waals surface area (Å²) in [7, 11) is 6.56. The molecule has 0 spiro atoms. The van der Waals surface area contributed by atoms with Gasteiger partial charge in [-0.3, -0.25) is 0 Å². The van der Waals surface area contributed by atoms with Crippen molar-refractivity contribution in [1.82, 2.24) is 0 Å². The Morgan fingerprint density at radius 1 is 0.717 bits per heavy atom. The van der Waals surface area contributed by atoms with E-state index in [-0.39, 0.29) is 12.6 Å². The van der Waals surface area contributed by atoms with Gasteiger partial charge in [-0.15, -0.1) is 0 Å². The van der Waals surface area contributed by atoms with Gasteiger partial charge in [0.25, 0.3) is 0 Å². The number of nitrogens with one attached hydrogen (secondary N) is 1. The van der Waals surface area contributed by atoms with Gasteiger partial charge in [0.05, 0.1) is 63.8 Å². The number of rotatable bonds is 11. The molecule has 0 fully saturated rings. The molecule has 1 heterocycles. The maximum absolute atomic E-state index is 14.3. The van der Waals surface area contributed by atoms with Gasteiger partial charge >= 0.3 is 5.97 Å². The Kier molecular flexibility index (Phi) is 10.1. The number of carbonyl (C=O) groups is 1. The molecule has 240 valence electrons. The van der Waals surface area contributed by atoms with E-state index in [9.17, 15) is 4.79 Å². The summed E-state index contributed by atoms with van der Waals surface area (Å²) in [6.07, 6.45) is 0.403. The molecule has 8 heteroatoms. The molecular formula is C38H42N2O6. The Morgan fingerprint density at radius 3 is 1.67 bits per heavy atom. The van der Waals surface area contributed by atoms with Crippen LogP contribution in [-0.2, 0) is 9.53 Å². The Labute approximate surface area is 271 Å². The van der Waals surface area contributed by atoms with E-state index < -0.39 is 12.0 Å². The molecule has 46 heavy (non-hydrogen) atoms. The average molecular weight is 623 g/mol. The van der Waals surface area contributed by atoms with Crippen LogP contribution in [0.25, 0.3) is 0 Å². The maximum atomic E-state index is 14.3. The summed E-state index contributed by atoms with van der Waals surface area (Å²) in [5, 5.41) is 3.62. The van der Waals surface area contributed by atoms with E-state index in [4.69, 9.17) is 23.7 Å². The normalized spacial score (nSPS) is 16.1. The summed E-state index contributed by atoms with van der Waals surface area (Å²) in [4.78, 5) is 16.5. The highest BCUT2D eigenvalue weighted by atomic mass is 16.5. The molecule has 0 amide bonds. The van der Waals surface area contributed by atoms with Gasteiger partial charge in [-0.2, -0.15) is 0 Å². The zero-order valence-corrected chi connectivity index (χ0v) is 27.5. The second-order valence-electron chi connectivity index (χ2n) is 11.1. The Balaban J connectivity index is 1.92. The van der Waals surface area contributed by atoms with Crippen molar-refractivity contribution in [3.8, 4) is 23.0 Å². The second-order valence-corrected chi connectivity index (χ2v) is 11.1. The predicted molar refractivity (Wildman–Crippen MR) is 181 cm³/mol. The Hall–Kier alpha value is -5.11. The van der Waals surface area contributed by atoms with E-state index in [1.807, 2.05) is 74.5 Å². The van der Waals surface area contributed by atoms with Crippen LogP contribution in [0, 0.1) is 13.8 Å². The van der Waals surface area contributed by atoms with Crippen molar-refractivity contribution in [2.45, 2.75) is 39.3 Å². The van der Waals surface area contributed by atoms with Gasteiger partial charge in [-0.25, -0.2) is 4.79 Å². The van der Waals surface area contributed by atoms with Crippen LogP contribution in [0.2, 0.25) is 0 Å². The van der Waals surface area contributed by atoms with E-state index in [1.54, 1.807) is 28.4 Å².